The SMILES string of the molecule is CCC[C@H](N)C(=O)N(C)C1COCC1C(=O)O. The molecule has 1 heterocycles. The number of amides is 1. The number of carbonyl (C=O) groups excluding carboxylic acids is 1. The Morgan fingerprint density at radius 3 is 2.71 bits per heavy atom. The summed E-state index contributed by atoms with van der Waals surface area (Å²) in [4.78, 5) is 24.3. The summed E-state index contributed by atoms with van der Waals surface area (Å²) in [7, 11) is 1.59. The number of nitrogens with zero attached hydrogens (tertiary/aromatic N) is 1. The summed E-state index contributed by atoms with van der Waals surface area (Å²) < 4.78 is 5.13. The zero-order valence-corrected chi connectivity index (χ0v) is 10.3. The molecule has 0 aromatic heterocycles. The molecule has 0 saturated carbocycles. The van der Waals surface area contributed by atoms with Gasteiger partial charge in [-0.2, -0.15) is 0 Å². The Morgan fingerprint density at radius 2 is 2.18 bits per heavy atom. The first-order valence-electron chi connectivity index (χ1n) is 5.81. The molecular formula is C11H20N2O4. The molecule has 1 amide bonds. The number of ether oxygens (including phenoxy) is 1. The molecule has 0 aromatic carbocycles. The summed E-state index contributed by atoms with van der Waals surface area (Å²) in [6.07, 6.45) is 1.43. The molecule has 3 atom stereocenters. The van der Waals surface area contributed by atoms with E-state index in [1.165, 1.54) is 4.90 Å². The molecule has 1 saturated heterocycles. The van der Waals surface area contributed by atoms with Crippen LogP contribution in [0.5, 0.6) is 0 Å². The lowest BCUT2D eigenvalue weighted by molar-refractivity contribution is -0.144. The molecule has 2 unspecified atom stereocenters. The minimum absolute atomic E-state index is 0.153. The lowest BCUT2D eigenvalue weighted by atomic mass is 10.0. The van der Waals surface area contributed by atoms with E-state index in [9.17, 15) is 9.59 Å². The number of carboxylic acid groups (broad SMARTS) is 1. The van der Waals surface area contributed by atoms with Crippen molar-refractivity contribution in [2.45, 2.75) is 31.8 Å². The molecule has 6 heteroatoms. The first kappa shape index (κ1) is 13.9. The van der Waals surface area contributed by atoms with Crippen molar-refractivity contribution in [1.82, 2.24) is 4.90 Å². The highest BCUT2D eigenvalue weighted by atomic mass is 16.5. The van der Waals surface area contributed by atoms with Gasteiger partial charge < -0.3 is 20.5 Å². The van der Waals surface area contributed by atoms with Gasteiger partial charge in [-0.05, 0) is 6.42 Å². The molecule has 1 fully saturated rings. The minimum atomic E-state index is -0.934. The molecule has 0 spiro atoms. The van der Waals surface area contributed by atoms with E-state index in [1.807, 2.05) is 6.92 Å². The maximum absolute atomic E-state index is 11.9. The first-order valence-corrected chi connectivity index (χ1v) is 5.81. The number of rotatable bonds is 5. The normalized spacial score (nSPS) is 25.6. The maximum atomic E-state index is 11.9. The average Bonchev–Trinajstić information content (AvgIpc) is 2.76. The van der Waals surface area contributed by atoms with Crippen LogP contribution in [-0.2, 0) is 14.3 Å². The fourth-order valence-corrected chi connectivity index (χ4v) is 2.02. The fourth-order valence-electron chi connectivity index (χ4n) is 2.02. The van der Waals surface area contributed by atoms with Crippen molar-refractivity contribution in [3.05, 3.63) is 0 Å². The second-order valence-electron chi connectivity index (χ2n) is 4.39. The number of hydrogen-bond acceptors (Lipinski definition) is 4. The second kappa shape index (κ2) is 5.97. The monoisotopic (exact) mass is 244 g/mol. The fraction of sp³-hybridized carbons (Fsp3) is 0.818. The minimum Gasteiger partial charge on any atom is -0.481 e. The van der Waals surface area contributed by atoms with Gasteiger partial charge in [-0.15, -0.1) is 0 Å². The summed E-state index contributed by atoms with van der Waals surface area (Å²) >= 11 is 0. The van der Waals surface area contributed by atoms with Gasteiger partial charge in [0.25, 0.3) is 0 Å². The van der Waals surface area contributed by atoms with Crippen LogP contribution in [0.25, 0.3) is 0 Å². The summed E-state index contributed by atoms with van der Waals surface area (Å²) in [5.74, 6) is -1.80. The van der Waals surface area contributed by atoms with Crippen molar-refractivity contribution in [2.24, 2.45) is 11.7 Å². The molecule has 1 aliphatic heterocycles. The molecule has 6 nitrogen and oxygen atoms in total. The lowest BCUT2D eigenvalue weighted by Gasteiger charge is -2.28. The van der Waals surface area contributed by atoms with E-state index in [1.54, 1.807) is 7.05 Å². The molecule has 1 rings (SSSR count). The van der Waals surface area contributed by atoms with E-state index in [-0.39, 0.29) is 19.1 Å². The predicted octanol–water partition coefficient (Wildman–Crippen LogP) is -0.328. The van der Waals surface area contributed by atoms with E-state index in [4.69, 9.17) is 15.6 Å². The number of carboxylic acids is 1. The zero-order valence-electron chi connectivity index (χ0n) is 10.3. The standard InChI is InChI=1S/C11H20N2O4/c1-3-4-8(12)10(14)13(2)9-6-17-5-7(9)11(15)16/h7-9H,3-6,12H2,1-2H3,(H,15,16)/t7?,8-,9?/m0/s1. The van der Waals surface area contributed by atoms with E-state index < -0.39 is 24.0 Å². The molecular weight excluding hydrogens is 224 g/mol. The smallest absolute Gasteiger partial charge is 0.311 e. The van der Waals surface area contributed by atoms with Crippen LogP contribution >= 0.6 is 0 Å². The number of aliphatic carboxylic acids is 1. The highest BCUT2D eigenvalue weighted by Gasteiger charge is 2.39. The van der Waals surface area contributed by atoms with Crippen LogP contribution in [0.2, 0.25) is 0 Å². The van der Waals surface area contributed by atoms with Gasteiger partial charge in [0.15, 0.2) is 0 Å². The number of carbonyl (C=O) groups is 2. The van der Waals surface area contributed by atoms with Crippen LogP contribution in [0.4, 0.5) is 0 Å². The molecule has 1 aliphatic rings. The van der Waals surface area contributed by atoms with Crippen molar-refractivity contribution in [3.8, 4) is 0 Å². The number of likely N-dealkylation sites (N-methyl/N-ethyl adjacent to an activating group) is 1. The molecule has 17 heavy (non-hydrogen) atoms. The van der Waals surface area contributed by atoms with Crippen molar-refractivity contribution >= 4 is 11.9 Å². The first-order chi connectivity index (χ1) is 7.99. The Balaban J connectivity index is 2.65. The Morgan fingerprint density at radius 1 is 1.53 bits per heavy atom. The second-order valence-corrected chi connectivity index (χ2v) is 4.39. The molecule has 0 radical (unpaired) electrons. The highest BCUT2D eigenvalue weighted by molar-refractivity contribution is 5.82. The topological polar surface area (TPSA) is 92.9 Å². The van der Waals surface area contributed by atoms with E-state index in [0.29, 0.717) is 6.42 Å². The molecule has 0 aromatic rings. The summed E-state index contributed by atoms with van der Waals surface area (Å²) in [5.41, 5.74) is 5.74. The van der Waals surface area contributed by atoms with Crippen LogP contribution in [0.3, 0.4) is 0 Å². The van der Waals surface area contributed by atoms with Gasteiger partial charge in [-0.3, -0.25) is 9.59 Å². The predicted molar refractivity (Wildman–Crippen MR) is 61.4 cm³/mol. The Kier molecular flexibility index (Phi) is 4.89. The van der Waals surface area contributed by atoms with E-state index >= 15 is 0 Å². The number of hydrogen-bond donors (Lipinski definition) is 2. The molecule has 0 bridgehead atoms. The lowest BCUT2D eigenvalue weighted by Crippen LogP contribution is -2.50. The van der Waals surface area contributed by atoms with Gasteiger partial charge in [-0.25, -0.2) is 0 Å². The van der Waals surface area contributed by atoms with Gasteiger partial charge in [0.2, 0.25) is 5.91 Å². The van der Waals surface area contributed by atoms with Gasteiger partial charge in [0.05, 0.1) is 25.3 Å². The molecule has 98 valence electrons. The van der Waals surface area contributed by atoms with Crippen molar-refractivity contribution < 1.29 is 19.4 Å². The van der Waals surface area contributed by atoms with Gasteiger partial charge in [0.1, 0.15) is 5.92 Å². The molecule has 0 aliphatic carbocycles. The summed E-state index contributed by atoms with van der Waals surface area (Å²) in [6, 6.07) is -0.969. The third-order valence-corrected chi connectivity index (χ3v) is 3.13. The third kappa shape index (κ3) is 3.17. The van der Waals surface area contributed by atoms with Crippen LogP contribution in [0, 0.1) is 5.92 Å². The summed E-state index contributed by atoms with van der Waals surface area (Å²) in [6.45, 7) is 2.37. The third-order valence-electron chi connectivity index (χ3n) is 3.13. The number of nitrogens with two attached hydrogens (primary N) is 1. The van der Waals surface area contributed by atoms with Crippen LogP contribution in [-0.4, -0.2) is 54.2 Å². The Labute approximate surface area is 101 Å². The van der Waals surface area contributed by atoms with Crippen LogP contribution in [0.15, 0.2) is 0 Å². The Bertz CT molecular complexity index is 295. The average molecular weight is 244 g/mol. The van der Waals surface area contributed by atoms with Crippen molar-refractivity contribution in [2.75, 3.05) is 20.3 Å². The van der Waals surface area contributed by atoms with Gasteiger partial charge >= 0.3 is 5.97 Å². The quantitative estimate of drug-likeness (QED) is 0.691. The van der Waals surface area contributed by atoms with Gasteiger partial charge in [-0.1, -0.05) is 13.3 Å². The van der Waals surface area contributed by atoms with Crippen molar-refractivity contribution in [3.63, 3.8) is 0 Å². The Hall–Kier alpha value is -1.14. The van der Waals surface area contributed by atoms with Crippen LogP contribution in [0.1, 0.15) is 19.8 Å². The van der Waals surface area contributed by atoms with Gasteiger partial charge in [0, 0.05) is 7.05 Å². The van der Waals surface area contributed by atoms with E-state index in [0.717, 1.165) is 6.42 Å². The molecule has 3 N–H and O–H groups in total. The largest absolute Gasteiger partial charge is 0.481 e. The van der Waals surface area contributed by atoms with Crippen LogP contribution < -0.4 is 5.73 Å². The van der Waals surface area contributed by atoms with E-state index in [2.05, 4.69) is 0 Å². The zero-order chi connectivity index (χ0) is 13.0. The van der Waals surface area contributed by atoms with Crippen molar-refractivity contribution in [1.29, 1.82) is 0 Å². The summed E-state index contributed by atoms with van der Waals surface area (Å²) in [5, 5.41) is 9.01. The maximum Gasteiger partial charge on any atom is 0.311 e. The highest BCUT2D eigenvalue weighted by Crippen LogP contribution is 2.19.